The minimum atomic E-state index is -3.53. The number of rotatable bonds is 5. The molecule has 0 radical (unpaired) electrons. The zero-order valence-corrected chi connectivity index (χ0v) is 15.0. The van der Waals surface area contributed by atoms with Gasteiger partial charge in [0.15, 0.2) is 0 Å². The van der Waals surface area contributed by atoms with Crippen LogP contribution in [0.1, 0.15) is 5.69 Å². The van der Waals surface area contributed by atoms with Crippen LogP contribution < -0.4 is 0 Å². The van der Waals surface area contributed by atoms with E-state index in [1.165, 1.54) is 33.0 Å². The number of benzene rings is 1. The quantitative estimate of drug-likeness (QED) is 0.604. The van der Waals surface area contributed by atoms with E-state index in [4.69, 9.17) is 0 Å². The summed E-state index contributed by atoms with van der Waals surface area (Å²) in [4.78, 5) is 16.8. The van der Waals surface area contributed by atoms with Crippen LogP contribution in [0.4, 0.5) is 0 Å². The van der Waals surface area contributed by atoms with Crippen LogP contribution in [-0.4, -0.2) is 50.6 Å². The number of nitrogens with zero attached hydrogens (tertiary/aromatic N) is 2. The number of sulfonamides is 1. The number of methoxy groups -OCH3 is 1. The molecule has 0 aliphatic carbocycles. The van der Waals surface area contributed by atoms with Crippen molar-refractivity contribution in [3.63, 3.8) is 0 Å². The van der Waals surface area contributed by atoms with Gasteiger partial charge in [-0.05, 0) is 31.2 Å². The Morgan fingerprint density at radius 3 is 2.61 bits per heavy atom. The number of hydrogen-bond donors (Lipinski definition) is 0. The van der Waals surface area contributed by atoms with Crippen molar-refractivity contribution in [3.8, 4) is 0 Å². The zero-order chi connectivity index (χ0) is 17.2. The summed E-state index contributed by atoms with van der Waals surface area (Å²) in [6.07, 6.45) is 0. The number of esters is 1. The fourth-order valence-corrected chi connectivity index (χ4v) is 3.88. The van der Waals surface area contributed by atoms with Gasteiger partial charge in [0.25, 0.3) is 0 Å². The summed E-state index contributed by atoms with van der Waals surface area (Å²) in [5.41, 5.74) is 1.49. The Morgan fingerprint density at radius 1 is 1.30 bits per heavy atom. The molecule has 6 nitrogen and oxygen atoms in total. The van der Waals surface area contributed by atoms with Gasteiger partial charge in [0.05, 0.1) is 23.3 Å². The van der Waals surface area contributed by atoms with Crippen LogP contribution in [0.5, 0.6) is 0 Å². The second kappa shape index (κ2) is 6.86. The SMILES string of the molecule is COC(=O)CSc1cc(C)nc2ccc(S(=O)(=O)N(C)C)cc12. The summed E-state index contributed by atoms with van der Waals surface area (Å²) < 4.78 is 30.4. The van der Waals surface area contributed by atoms with Crippen LogP contribution in [0.25, 0.3) is 10.9 Å². The number of pyridine rings is 1. The first kappa shape index (κ1) is 17.7. The molecule has 1 heterocycles. The number of ether oxygens (including phenoxy) is 1. The summed E-state index contributed by atoms with van der Waals surface area (Å²) in [5.74, 6) is -0.186. The third-order valence-electron chi connectivity index (χ3n) is 3.22. The standard InChI is InChI=1S/C15H18N2O4S2/c1-10-7-14(22-9-15(18)21-4)12-8-11(5-6-13(12)16-10)23(19,20)17(2)3/h5-8H,9H2,1-4H3. The minimum absolute atomic E-state index is 0.152. The molecule has 0 amide bonds. The van der Waals surface area contributed by atoms with Crippen LogP contribution in [0.2, 0.25) is 0 Å². The van der Waals surface area contributed by atoms with Crippen molar-refractivity contribution >= 4 is 38.7 Å². The topological polar surface area (TPSA) is 76.6 Å². The number of aromatic nitrogens is 1. The van der Waals surface area contributed by atoms with Crippen molar-refractivity contribution in [2.45, 2.75) is 16.7 Å². The highest BCUT2D eigenvalue weighted by Crippen LogP contribution is 2.30. The Labute approximate surface area is 139 Å². The number of hydrogen-bond acceptors (Lipinski definition) is 6. The molecular formula is C15H18N2O4S2. The molecule has 1 aromatic heterocycles. The molecule has 0 fully saturated rings. The van der Waals surface area contributed by atoms with E-state index in [2.05, 4.69) is 9.72 Å². The van der Waals surface area contributed by atoms with Crippen molar-refractivity contribution in [2.75, 3.05) is 27.0 Å². The predicted octanol–water partition coefficient (Wildman–Crippen LogP) is 2.06. The highest BCUT2D eigenvalue weighted by atomic mass is 32.2. The lowest BCUT2D eigenvalue weighted by molar-refractivity contribution is -0.137. The fraction of sp³-hybridized carbons (Fsp3) is 0.333. The van der Waals surface area contributed by atoms with Gasteiger partial charge in [0.2, 0.25) is 10.0 Å². The number of fused-ring (bicyclic) bond motifs is 1. The van der Waals surface area contributed by atoms with Gasteiger partial charge in [-0.1, -0.05) is 0 Å². The van der Waals surface area contributed by atoms with Gasteiger partial charge in [0.1, 0.15) is 0 Å². The molecule has 0 aliphatic rings. The average Bonchev–Trinajstić information content (AvgIpc) is 2.51. The molecule has 0 N–H and O–H groups in total. The number of thioether (sulfide) groups is 1. The maximum atomic E-state index is 12.3. The lowest BCUT2D eigenvalue weighted by Crippen LogP contribution is -2.22. The molecule has 2 rings (SSSR count). The van der Waals surface area contributed by atoms with Crippen LogP contribution in [0.15, 0.2) is 34.1 Å². The minimum Gasteiger partial charge on any atom is -0.468 e. The van der Waals surface area contributed by atoms with Crippen molar-refractivity contribution in [1.82, 2.24) is 9.29 Å². The molecule has 23 heavy (non-hydrogen) atoms. The van der Waals surface area contributed by atoms with E-state index in [1.807, 2.05) is 13.0 Å². The molecule has 1 aromatic carbocycles. The Bertz CT molecular complexity index is 848. The molecule has 0 spiro atoms. The summed E-state index contributed by atoms with van der Waals surface area (Å²) in [7, 11) is 0.779. The Balaban J connectivity index is 2.55. The number of carbonyl (C=O) groups excluding carboxylic acids is 1. The van der Waals surface area contributed by atoms with Gasteiger partial charge < -0.3 is 4.74 Å². The van der Waals surface area contributed by atoms with Gasteiger partial charge in [-0.3, -0.25) is 9.78 Å². The zero-order valence-electron chi connectivity index (χ0n) is 13.4. The fourth-order valence-electron chi connectivity index (χ4n) is 1.99. The largest absolute Gasteiger partial charge is 0.468 e. The van der Waals surface area contributed by atoms with E-state index in [9.17, 15) is 13.2 Å². The molecule has 2 aromatic rings. The third kappa shape index (κ3) is 3.82. The first-order chi connectivity index (χ1) is 10.8. The molecular weight excluding hydrogens is 336 g/mol. The van der Waals surface area contributed by atoms with Crippen LogP contribution >= 0.6 is 11.8 Å². The lowest BCUT2D eigenvalue weighted by atomic mass is 10.2. The van der Waals surface area contributed by atoms with Gasteiger partial charge in [-0.15, -0.1) is 11.8 Å². The Hall–Kier alpha value is -1.64. The molecule has 0 aliphatic heterocycles. The monoisotopic (exact) mass is 354 g/mol. The summed E-state index contributed by atoms with van der Waals surface area (Å²) in [6, 6.07) is 6.65. The van der Waals surface area contributed by atoms with Crippen LogP contribution in [0.3, 0.4) is 0 Å². The van der Waals surface area contributed by atoms with E-state index in [1.54, 1.807) is 18.2 Å². The van der Waals surface area contributed by atoms with Crippen LogP contribution in [0, 0.1) is 6.92 Å². The summed E-state index contributed by atoms with van der Waals surface area (Å²) >= 11 is 1.30. The van der Waals surface area contributed by atoms with Crippen molar-refractivity contribution in [2.24, 2.45) is 0 Å². The summed E-state index contributed by atoms with van der Waals surface area (Å²) in [5, 5.41) is 0.701. The highest BCUT2D eigenvalue weighted by molar-refractivity contribution is 8.00. The van der Waals surface area contributed by atoms with Gasteiger partial charge in [-0.25, -0.2) is 12.7 Å². The van der Waals surface area contributed by atoms with E-state index in [-0.39, 0.29) is 16.6 Å². The van der Waals surface area contributed by atoms with E-state index < -0.39 is 10.0 Å². The predicted molar refractivity (Wildman–Crippen MR) is 90.1 cm³/mol. The molecule has 0 saturated heterocycles. The Kier molecular flexibility index (Phi) is 5.28. The second-order valence-corrected chi connectivity index (χ2v) is 8.26. The molecule has 0 unspecified atom stereocenters. The lowest BCUT2D eigenvalue weighted by Gasteiger charge is -2.13. The average molecular weight is 354 g/mol. The van der Waals surface area contributed by atoms with E-state index in [0.717, 1.165) is 14.9 Å². The maximum absolute atomic E-state index is 12.3. The number of carbonyl (C=O) groups is 1. The van der Waals surface area contributed by atoms with Crippen LogP contribution in [-0.2, 0) is 19.6 Å². The molecule has 0 atom stereocenters. The first-order valence-corrected chi connectivity index (χ1v) is 9.22. The van der Waals surface area contributed by atoms with Crippen molar-refractivity contribution in [1.29, 1.82) is 0 Å². The van der Waals surface area contributed by atoms with Crippen molar-refractivity contribution in [3.05, 3.63) is 30.0 Å². The first-order valence-electron chi connectivity index (χ1n) is 6.79. The Morgan fingerprint density at radius 2 is 2.00 bits per heavy atom. The maximum Gasteiger partial charge on any atom is 0.315 e. The summed E-state index contributed by atoms with van der Waals surface area (Å²) in [6.45, 7) is 1.85. The molecule has 0 saturated carbocycles. The van der Waals surface area contributed by atoms with Gasteiger partial charge in [-0.2, -0.15) is 0 Å². The number of aryl methyl sites for hydroxylation is 1. The van der Waals surface area contributed by atoms with Gasteiger partial charge in [0, 0.05) is 30.1 Å². The molecule has 8 heteroatoms. The third-order valence-corrected chi connectivity index (χ3v) is 6.06. The second-order valence-electron chi connectivity index (χ2n) is 5.09. The smallest absolute Gasteiger partial charge is 0.315 e. The highest BCUT2D eigenvalue weighted by Gasteiger charge is 2.18. The van der Waals surface area contributed by atoms with Gasteiger partial charge >= 0.3 is 5.97 Å². The molecule has 124 valence electrons. The van der Waals surface area contributed by atoms with Crippen molar-refractivity contribution < 1.29 is 17.9 Å². The van der Waals surface area contributed by atoms with E-state index >= 15 is 0 Å². The van der Waals surface area contributed by atoms with E-state index in [0.29, 0.717) is 10.9 Å². The normalized spacial score (nSPS) is 11.9. The molecule has 0 bridgehead atoms.